The van der Waals surface area contributed by atoms with Crippen molar-refractivity contribution in [3.8, 4) is 0 Å². The van der Waals surface area contributed by atoms with E-state index in [1.807, 2.05) is 0 Å². The third-order valence-corrected chi connectivity index (χ3v) is 2.17. The van der Waals surface area contributed by atoms with Crippen molar-refractivity contribution in [2.45, 2.75) is 6.92 Å². The minimum atomic E-state index is -3.68. The van der Waals surface area contributed by atoms with Crippen LogP contribution in [0.15, 0.2) is 28.2 Å². The molecule has 0 fully saturated rings. The van der Waals surface area contributed by atoms with Gasteiger partial charge < -0.3 is 0 Å². The number of aliphatic imine (C=N–C) groups is 1. The van der Waals surface area contributed by atoms with Crippen LogP contribution in [0.2, 0.25) is 0 Å². The van der Waals surface area contributed by atoms with Gasteiger partial charge in [-0.25, -0.2) is 8.42 Å². The largest absolute Gasteiger partial charge is 0.271 e. The highest BCUT2D eigenvalue weighted by molar-refractivity contribution is 8.17. The van der Waals surface area contributed by atoms with Crippen LogP contribution in [0.4, 0.5) is 0 Å². The molecule has 0 aromatic carbocycles. The third-order valence-electron chi connectivity index (χ3n) is 0.831. The summed E-state index contributed by atoms with van der Waals surface area (Å²) in [4.78, 5) is 3.24. The molecule has 0 aliphatic rings. The first kappa shape index (κ1) is 10.4. The zero-order valence-corrected chi connectivity index (χ0v) is 7.56. The van der Waals surface area contributed by atoms with E-state index >= 15 is 0 Å². The molecule has 0 bridgehead atoms. The van der Waals surface area contributed by atoms with E-state index in [9.17, 15) is 8.42 Å². The molecular weight excluding hydrogens is 186 g/mol. The maximum absolute atomic E-state index is 10.7. The molecule has 0 aromatic rings. The smallest absolute Gasteiger partial charge is 0.262 e. The summed E-state index contributed by atoms with van der Waals surface area (Å²) in [6.07, 6.45) is 3.98. The van der Waals surface area contributed by atoms with Gasteiger partial charge in [0.05, 0.1) is 0 Å². The van der Waals surface area contributed by atoms with Gasteiger partial charge in [0.2, 0.25) is 0 Å². The van der Waals surface area contributed by atoms with Gasteiger partial charge in [0, 0.05) is 16.9 Å². The summed E-state index contributed by atoms with van der Waals surface area (Å²) < 4.78 is 21.3. The Hall–Kier alpha value is -0.610. The fraction of sp³-hybridized carbons (Fsp3) is 0.167. The molecule has 0 unspecified atom stereocenters. The fourth-order valence-electron chi connectivity index (χ4n) is 0.441. The molecule has 0 aliphatic carbocycles. The predicted octanol–water partition coefficient (Wildman–Crippen LogP) is 1.67. The molecule has 11 heavy (non-hydrogen) atoms. The van der Waals surface area contributed by atoms with Gasteiger partial charge in [-0.15, -0.1) is 0 Å². The minimum Gasteiger partial charge on any atom is -0.271 e. The van der Waals surface area contributed by atoms with Gasteiger partial charge in [0.25, 0.3) is 9.05 Å². The Morgan fingerprint density at radius 3 is 2.45 bits per heavy atom. The second-order valence-electron chi connectivity index (χ2n) is 1.65. The molecule has 5 heteroatoms. The van der Waals surface area contributed by atoms with Gasteiger partial charge in [-0.3, -0.25) is 4.99 Å². The highest BCUT2D eigenvalue weighted by atomic mass is 35.7. The zero-order chi connectivity index (χ0) is 8.91. The summed E-state index contributed by atoms with van der Waals surface area (Å²) in [5.74, 6) is 0. The van der Waals surface area contributed by atoms with Crippen molar-refractivity contribution in [2.24, 2.45) is 4.99 Å². The zero-order valence-electron chi connectivity index (χ0n) is 5.99. The van der Waals surface area contributed by atoms with Crippen LogP contribution < -0.4 is 0 Å². The average molecular weight is 194 g/mol. The standard InChI is InChI=1S/C6H8ClNO2S/c1-3-4-6(5-8-2)11(7,9)10/h3-5H,2H2,1H3/b4-3-,6-5+. The topological polar surface area (TPSA) is 46.5 Å². The molecule has 0 radical (unpaired) electrons. The van der Waals surface area contributed by atoms with Crippen molar-refractivity contribution in [1.82, 2.24) is 0 Å². The van der Waals surface area contributed by atoms with E-state index in [0.29, 0.717) is 0 Å². The Morgan fingerprint density at radius 2 is 2.18 bits per heavy atom. The van der Waals surface area contributed by atoms with Crippen LogP contribution in [0.5, 0.6) is 0 Å². The molecule has 0 heterocycles. The summed E-state index contributed by atoms with van der Waals surface area (Å²) in [5.41, 5.74) is 0. The number of rotatable bonds is 3. The van der Waals surface area contributed by atoms with Crippen molar-refractivity contribution in [3.63, 3.8) is 0 Å². The molecule has 0 atom stereocenters. The summed E-state index contributed by atoms with van der Waals surface area (Å²) in [5, 5.41) is 0. The highest BCUT2D eigenvalue weighted by Crippen LogP contribution is 2.12. The minimum absolute atomic E-state index is 0.0586. The first-order valence-corrected chi connectivity index (χ1v) is 5.06. The van der Waals surface area contributed by atoms with E-state index < -0.39 is 9.05 Å². The van der Waals surface area contributed by atoms with Crippen molar-refractivity contribution in [2.75, 3.05) is 0 Å². The molecule has 0 saturated heterocycles. The van der Waals surface area contributed by atoms with Crippen LogP contribution in [0.3, 0.4) is 0 Å². The van der Waals surface area contributed by atoms with Crippen molar-refractivity contribution in [1.29, 1.82) is 0 Å². The Kier molecular flexibility index (Phi) is 4.07. The van der Waals surface area contributed by atoms with E-state index in [-0.39, 0.29) is 4.91 Å². The second kappa shape index (κ2) is 4.31. The average Bonchev–Trinajstić information content (AvgIpc) is 1.85. The Balaban J connectivity index is 4.93. The number of hydrogen-bond donors (Lipinski definition) is 0. The van der Waals surface area contributed by atoms with Gasteiger partial charge in [0.1, 0.15) is 4.91 Å². The van der Waals surface area contributed by atoms with E-state index in [4.69, 9.17) is 10.7 Å². The van der Waals surface area contributed by atoms with Crippen LogP contribution in [-0.2, 0) is 9.05 Å². The number of hydrogen-bond acceptors (Lipinski definition) is 3. The molecule has 0 spiro atoms. The summed E-state index contributed by atoms with van der Waals surface area (Å²) in [6, 6.07) is 0. The maximum atomic E-state index is 10.7. The molecule has 3 nitrogen and oxygen atoms in total. The monoisotopic (exact) mass is 193 g/mol. The van der Waals surface area contributed by atoms with Crippen molar-refractivity contribution < 1.29 is 8.42 Å². The van der Waals surface area contributed by atoms with Gasteiger partial charge in [-0.2, -0.15) is 0 Å². The summed E-state index contributed by atoms with van der Waals surface area (Å²) in [6.45, 7) is 4.79. The van der Waals surface area contributed by atoms with Crippen LogP contribution in [0.1, 0.15) is 6.92 Å². The second-order valence-corrected chi connectivity index (χ2v) is 4.22. The Labute approximate surface area is 70.5 Å². The van der Waals surface area contributed by atoms with E-state index in [1.54, 1.807) is 13.0 Å². The maximum Gasteiger partial charge on any atom is 0.262 e. The normalized spacial score (nSPS) is 13.8. The summed E-state index contributed by atoms with van der Waals surface area (Å²) in [7, 11) is 1.35. The van der Waals surface area contributed by atoms with Crippen LogP contribution in [-0.4, -0.2) is 15.1 Å². The van der Waals surface area contributed by atoms with Crippen LogP contribution in [0.25, 0.3) is 0 Å². The lowest BCUT2D eigenvalue weighted by Gasteiger charge is -1.91. The molecule has 0 saturated carbocycles. The molecule has 0 aliphatic heterocycles. The van der Waals surface area contributed by atoms with Crippen LogP contribution >= 0.6 is 10.7 Å². The van der Waals surface area contributed by atoms with E-state index in [2.05, 4.69) is 11.7 Å². The Bertz CT molecular complexity index is 290. The lowest BCUT2D eigenvalue weighted by Crippen LogP contribution is -1.90. The van der Waals surface area contributed by atoms with E-state index in [1.165, 1.54) is 6.08 Å². The molecule has 0 N–H and O–H groups in total. The molecule has 0 aromatic heterocycles. The van der Waals surface area contributed by atoms with Crippen LogP contribution in [0, 0.1) is 0 Å². The highest BCUT2D eigenvalue weighted by Gasteiger charge is 2.09. The van der Waals surface area contributed by atoms with Gasteiger partial charge in [-0.05, 0) is 19.7 Å². The molecule has 62 valence electrons. The third kappa shape index (κ3) is 3.95. The number of nitrogens with zero attached hydrogens (tertiary/aromatic N) is 1. The Morgan fingerprint density at radius 1 is 1.64 bits per heavy atom. The first-order valence-electron chi connectivity index (χ1n) is 2.75. The molecule has 0 amide bonds. The predicted molar refractivity (Wildman–Crippen MR) is 47.2 cm³/mol. The quantitative estimate of drug-likeness (QED) is 0.389. The molecular formula is C6H8ClNO2S. The lowest BCUT2D eigenvalue weighted by molar-refractivity contribution is 0.615. The number of halogens is 1. The fourth-order valence-corrected chi connectivity index (χ4v) is 1.21. The van der Waals surface area contributed by atoms with Gasteiger partial charge in [-0.1, -0.05) is 6.08 Å². The van der Waals surface area contributed by atoms with Crippen molar-refractivity contribution >= 4 is 26.5 Å². The number of allylic oxidation sites excluding steroid dienone is 2. The van der Waals surface area contributed by atoms with Gasteiger partial charge in [0.15, 0.2) is 0 Å². The first-order chi connectivity index (χ1) is 5.02. The summed E-state index contributed by atoms with van der Waals surface area (Å²) >= 11 is 0. The lowest BCUT2D eigenvalue weighted by atomic mass is 10.5. The molecule has 0 rings (SSSR count). The van der Waals surface area contributed by atoms with Crippen molar-refractivity contribution in [3.05, 3.63) is 23.3 Å². The SMILES string of the molecule is C=N/C=C(\C=C/C)S(=O)(=O)Cl. The van der Waals surface area contributed by atoms with Gasteiger partial charge >= 0.3 is 0 Å². The van der Waals surface area contributed by atoms with E-state index in [0.717, 1.165) is 6.20 Å².